The SMILES string of the molecule is COc1ccc(C2CC(=O)C3=C(C2)NC(C)=C(C(=O)Nc2cc(C)ccn2)C3c2ccc(O)c(OC)c2)cc1. The van der Waals surface area contributed by atoms with Gasteiger partial charge in [-0.2, -0.15) is 0 Å². The summed E-state index contributed by atoms with van der Waals surface area (Å²) in [6.07, 6.45) is 2.56. The molecule has 8 nitrogen and oxygen atoms in total. The molecular formula is C31H31N3O5. The number of carbonyl (C=O) groups excluding carboxylic acids is 2. The highest BCUT2D eigenvalue weighted by Gasteiger charge is 2.41. The quantitative estimate of drug-likeness (QED) is 0.410. The van der Waals surface area contributed by atoms with Gasteiger partial charge in [0, 0.05) is 41.1 Å². The molecule has 0 radical (unpaired) electrons. The first-order valence-electron chi connectivity index (χ1n) is 12.8. The highest BCUT2D eigenvalue weighted by Crippen LogP contribution is 2.47. The predicted octanol–water partition coefficient (Wildman–Crippen LogP) is 5.11. The highest BCUT2D eigenvalue weighted by molar-refractivity contribution is 6.09. The van der Waals surface area contributed by atoms with Gasteiger partial charge in [0.15, 0.2) is 17.3 Å². The maximum absolute atomic E-state index is 13.8. The van der Waals surface area contributed by atoms with Crippen molar-refractivity contribution in [2.45, 2.75) is 38.5 Å². The molecule has 2 atom stereocenters. The number of pyridine rings is 1. The number of benzene rings is 2. The van der Waals surface area contributed by atoms with E-state index in [0.29, 0.717) is 41.1 Å². The van der Waals surface area contributed by atoms with Crippen molar-refractivity contribution >= 4 is 17.5 Å². The molecule has 3 aromatic rings. The molecule has 1 amide bonds. The number of allylic oxidation sites excluding steroid dienone is 3. The zero-order chi connectivity index (χ0) is 27.7. The summed E-state index contributed by atoms with van der Waals surface area (Å²) >= 11 is 0. The Balaban J connectivity index is 1.57. The Morgan fingerprint density at radius 1 is 1.00 bits per heavy atom. The molecule has 2 unspecified atom stereocenters. The van der Waals surface area contributed by atoms with Crippen molar-refractivity contribution in [1.29, 1.82) is 0 Å². The Hall–Kier alpha value is -4.59. The average Bonchev–Trinajstić information content (AvgIpc) is 2.92. The molecule has 0 bridgehead atoms. The third kappa shape index (κ3) is 5.10. The molecular weight excluding hydrogens is 494 g/mol. The van der Waals surface area contributed by atoms with Crippen LogP contribution < -0.4 is 20.1 Å². The standard InChI is InChI=1S/C31H31N3O5/c1-17-11-12-32-27(13-17)34-31(37)28-18(2)33-23-14-21(19-5-8-22(38-3)9-6-19)15-25(36)30(23)29(28)20-7-10-24(35)26(16-20)39-4/h5-13,16,21,29,33,35H,14-15H2,1-4H3,(H,32,34,37). The first-order chi connectivity index (χ1) is 18.8. The Bertz CT molecular complexity index is 1510. The Morgan fingerprint density at radius 3 is 2.44 bits per heavy atom. The number of carbonyl (C=O) groups is 2. The van der Waals surface area contributed by atoms with Gasteiger partial charge in [-0.3, -0.25) is 9.59 Å². The van der Waals surface area contributed by atoms with Crippen molar-refractivity contribution in [3.8, 4) is 17.2 Å². The van der Waals surface area contributed by atoms with Crippen LogP contribution in [0, 0.1) is 6.92 Å². The van der Waals surface area contributed by atoms with Gasteiger partial charge in [-0.05, 0) is 79.3 Å². The van der Waals surface area contributed by atoms with Crippen LogP contribution in [0.1, 0.15) is 48.3 Å². The molecule has 200 valence electrons. The minimum atomic E-state index is -0.648. The highest BCUT2D eigenvalue weighted by atomic mass is 16.5. The van der Waals surface area contributed by atoms with Crippen LogP contribution in [0.3, 0.4) is 0 Å². The van der Waals surface area contributed by atoms with Crippen molar-refractivity contribution in [3.63, 3.8) is 0 Å². The summed E-state index contributed by atoms with van der Waals surface area (Å²) in [6, 6.07) is 16.4. The number of methoxy groups -OCH3 is 2. The minimum absolute atomic E-state index is 0.00988. The average molecular weight is 526 g/mol. The number of hydrogen-bond acceptors (Lipinski definition) is 7. The Kier molecular flexibility index (Phi) is 7.11. The van der Waals surface area contributed by atoms with Crippen molar-refractivity contribution in [1.82, 2.24) is 10.3 Å². The topological polar surface area (TPSA) is 110 Å². The molecule has 1 aliphatic carbocycles. The van der Waals surface area contributed by atoms with E-state index < -0.39 is 5.92 Å². The van der Waals surface area contributed by atoms with Crippen molar-refractivity contribution in [3.05, 3.63) is 100 Å². The van der Waals surface area contributed by atoms with E-state index in [2.05, 4.69) is 15.6 Å². The van der Waals surface area contributed by atoms with Crippen LogP contribution in [-0.4, -0.2) is 36.0 Å². The number of ether oxygens (including phenoxy) is 2. The van der Waals surface area contributed by atoms with Crippen LogP contribution in [0.4, 0.5) is 5.82 Å². The van der Waals surface area contributed by atoms with Crippen molar-refractivity contribution in [2.24, 2.45) is 0 Å². The summed E-state index contributed by atoms with van der Waals surface area (Å²) in [5, 5.41) is 16.5. The van der Waals surface area contributed by atoms with Gasteiger partial charge < -0.3 is 25.2 Å². The second-order valence-electron chi connectivity index (χ2n) is 9.89. The van der Waals surface area contributed by atoms with Crippen LogP contribution in [-0.2, 0) is 9.59 Å². The Labute approximate surface area is 227 Å². The summed E-state index contributed by atoms with van der Waals surface area (Å²) in [6.45, 7) is 3.76. The normalized spacial score (nSPS) is 18.8. The van der Waals surface area contributed by atoms with E-state index in [1.54, 1.807) is 31.5 Å². The zero-order valence-corrected chi connectivity index (χ0v) is 22.4. The van der Waals surface area contributed by atoms with E-state index in [4.69, 9.17) is 9.47 Å². The second-order valence-corrected chi connectivity index (χ2v) is 9.89. The molecule has 0 spiro atoms. The van der Waals surface area contributed by atoms with E-state index in [0.717, 1.165) is 22.6 Å². The fraction of sp³-hybridized carbons (Fsp3) is 0.258. The molecule has 3 N–H and O–H groups in total. The number of phenols is 1. The second kappa shape index (κ2) is 10.6. The summed E-state index contributed by atoms with van der Waals surface area (Å²) < 4.78 is 10.6. The van der Waals surface area contributed by atoms with Gasteiger partial charge in [-0.15, -0.1) is 0 Å². The lowest BCUT2D eigenvalue weighted by Gasteiger charge is -2.37. The van der Waals surface area contributed by atoms with Gasteiger partial charge in [0.25, 0.3) is 5.91 Å². The number of anilines is 1. The number of nitrogens with zero attached hydrogens (tertiary/aromatic N) is 1. The Morgan fingerprint density at radius 2 is 1.74 bits per heavy atom. The largest absolute Gasteiger partial charge is 0.504 e. The maximum atomic E-state index is 13.8. The summed E-state index contributed by atoms with van der Waals surface area (Å²) in [4.78, 5) is 31.9. The number of Topliss-reactive ketones (excluding diaryl/α,β-unsaturated/α-hetero) is 1. The van der Waals surface area contributed by atoms with Crippen LogP contribution >= 0.6 is 0 Å². The minimum Gasteiger partial charge on any atom is -0.504 e. The van der Waals surface area contributed by atoms with E-state index in [1.165, 1.54) is 13.2 Å². The number of dihydropyridines is 1. The number of phenolic OH excluding ortho intramolecular Hbond substituents is 1. The van der Waals surface area contributed by atoms with Crippen molar-refractivity contribution in [2.75, 3.05) is 19.5 Å². The number of aromatic hydroxyl groups is 1. The molecule has 1 aromatic heterocycles. The molecule has 5 rings (SSSR count). The number of rotatable bonds is 6. The van der Waals surface area contributed by atoms with E-state index >= 15 is 0 Å². The van der Waals surface area contributed by atoms with Crippen LogP contribution in [0.15, 0.2) is 83.3 Å². The number of hydrogen-bond donors (Lipinski definition) is 3. The van der Waals surface area contributed by atoms with Crippen LogP contribution in [0.5, 0.6) is 17.2 Å². The fourth-order valence-corrected chi connectivity index (χ4v) is 5.45. The first kappa shape index (κ1) is 26.0. The molecule has 0 fully saturated rings. The van der Waals surface area contributed by atoms with Crippen LogP contribution in [0.2, 0.25) is 0 Å². The summed E-state index contributed by atoms with van der Waals surface area (Å²) in [7, 11) is 3.09. The van der Waals surface area contributed by atoms with Crippen LogP contribution in [0.25, 0.3) is 0 Å². The fourth-order valence-electron chi connectivity index (χ4n) is 5.45. The van der Waals surface area contributed by atoms with Gasteiger partial charge in [-0.1, -0.05) is 18.2 Å². The maximum Gasteiger partial charge on any atom is 0.255 e. The molecule has 39 heavy (non-hydrogen) atoms. The van der Waals surface area contributed by atoms with Crippen molar-refractivity contribution < 1.29 is 24.2 Å². The van der Waals surface area contributed by atoms with Gasteiger partial charge in [0.2, 0.25) is 0 Å². The number of ketones is 1. The lowest BCUT2D eigenvalue weighted by molar-refractivity contribution is -0.116. The molecule has 2 aliphatic rings. The molecule has 2 aromatic carbocycles. The van der Waals surface area contributed by atoms with Gasteiger partial charge in [-0.25, -0.2) is 4.98 Å². The van der Waals surface area contributed by atoms with E-state index in [-0.39, 0.29) is 29.1 Å². The lowest BCUT2D eigenvalue weighted by atomic mass is 9.71. The van der Waals surface area contributed by atoms with Gasteiger partial charge >= 0.3 is 0 Å². The predicted molar refractivity (Wildman–Crippen MR) is 148 cm³/mol. The molecule has 0 saturated carbocycles. The molecule has 0 saturated heterocycles. The number of aromatic nitrogens is 1. The monoisotopic (exact) mass is 525 g/mol. The summed E-state index contributed by atoms with van der Waals surface area (Å²) in [5.41, 5.74) is 5.12. The number of amides is 1. The smallest absolute Gasteiger partial charge is 0.255 e. The molecule has 8 heteroatoms. The zero-order valence-electron chi connectivity index (χ0n) is 22.4. The van der Waals surface area contributed by atoms with Gasteiger partial charge in [0.05, 0.1) is 14.2 Å². The third-order valence-electron chi connectivity index (χ3n) is 7.35. The third-order valence-corrected chi connectivity index (χ3v) is 7.35. The summed E-state index contributed by atoms with van der Waals surface area (Å²) in [5.74, 6) is 0.390. The van der Waals surface area contributed by atoms with Gasteiger partial charge in [0.1, 0.15) is 11.6 Å². The lowest BCUT2D eigenvalue weighted by Crippen LogP contribution is -2.37. The number of nitrogens with one attached hydrogen (secondary N) is 2. The first-order valence-corrected chi connectivity index (χ1v) is 12.8. The molecule has 1 aliphatic heterocycles. The molecule has 2 heterocycles. The van der Waals surface area contributed by atoms with E-state index in [9.17, 15) is 14.7 Å². The number of aryl methyl sites for hydroxylation is 1. The van der Waals surface area contributed by atoms with E-state index in [1.807, 2.05) is 44.2 Å².